The fourth-order valence-electron chi connectivity index (χ4n) is 3.56. The van der Waals surface area contributed by atoms with Crippen molar-refractivity contribution in [3.8, 4) is 0 Å². The number of carbonyl (C=O) groups is 1. The zero-order valence-electron chi connectivity index (χ0n) is 18.7. The Hall–Kier alpha value is -2.24. The van der Waals surface area contributed by atoms with Crippen LogP contribution in [0.4, 0.5) is 11.4 Å². The molecule has 0 aliphatic carbocycles. The Morgan fingerprint density at radius 2 is 1.81 bits per heavy atom. The molecule has 0 spiro atoms. The third-order valence-corrected chi connectivity index (χ3v) is 7.63. The molecule has 10 nitrogen and oxygen atoms in total. The summed E-state index contributed by atoms with van der Waals surface area (Å²) in [5.74, 6) is -0.0280. The number of nitro groups is 1. The summed E-state index contributed by atoms with van der Waals surface area (Å²) in [5.41, 5.74) is 0.170. The highest BCUT2D eigenvalue weighted by Crippen LogP contribution is 2.32. The van der Waals surface area contributed by atoms with Crippen LogP contribution in [0.5, 0.6) is 0 Å². The van der Waals surface area contributed by atoms with Crippen molar-refractivity contribution in [3.05, 3.63) is 28.3 Å². The summed E-state index contributed by atoms with van der Waals surface area (Å²) in [6.07, 6.45) is 0.864. The van der Waals surface area contributed by atoms with Gasteiger partial charge in [-0.3, -0.25) is 19.8 Å². The highest BCUT2D eigenvalue weighted by molar-refractivity contribution is 7.89. The van der Waals surface area contributed by atoms with Crippen molar-refractivity contribution in [1.29, 1.82) is 0 Å². The number of amides is 1. The fourth-order valence-corrected chi connectivity index (χ4v) is 5.04. The second-order valence-corrected chi connectivity index (χ2v) is 9.57. The van der Waals surface area contributed by atoms with Crippen LogP contribution in [0.15, 0.2) is 23.1 Å². The van der Waals surface area contributed by atoms with Crippen molar-refractivity contribution in [2.75, 3.05) is 50.7 Å². The number of hydrogen-bond acceptors (Lipinski definition) is 7. The van der Waals surface area contributed by atoms with Gasteiger partial charge in [0.1, 0.15) is 5.69 Å². The summed E-state index contributed by atoms with van der Waals surface area (Å²) in [7, 11) is -3.78. The summed E-state index contributed by atoms with van der Waals surface area (Å²) in [5, 5.41) is 14.6. The first kappa shape index (κ1) is 25.0. The van der Waals surface area contributed by atoms with Gasteiger partial charge in [-0.2, -0.15) is 4.31 Å². The SMILES string of the molecule is CC[C@H](C)NC(=O)CN1CCN(c2ccc(S(=O)(=O)N(CC)CC)cc2[N+](=O)[O-])CC1. The summed E-state index contributed by atoms with van der Waals surface area (Å²) in [6.45, 7) is 10.5. The van der Waals surface area contributed by atoms with Crippen molar-refractivity contribution in [2.24, 2.45) is 0 Å². The van der Waals surface area contributed by atoms with E-state index in [-0.39, 0.29) is 22.5 Å². The van der Waals surface area contributed by atoms with E-state index in [1.807, 2.05) is 23.6 Å². The summed E-state index contributed by atoms with van der Waals surface area (Å²) in [4.78, 5) is 27.1. The largest absolute Gasteiger partial charge is 0.363 e. The van der Waals surface area contributed by atoms with Crippen LogP contribution >= 0.6 is 0 Å². The van der Waals surface area contributed by atoms with Crippen LogP contribution < -0.4 is 10.2 Å². The van der Waals surface area contributed by atoms with E-state index < -0.39 is 14.9 Å². The fraction of sp³-hybridized carbons (Fsp3) is 0.650. The third-order valence-electron chi connectivity index (χ3n) is 5.59. The van der Waals surface area contributed by atoms with Crippen molar-refractivity contribution in [3.63, 3.8) is 0 Å². The van der Waals surface area contributed by atoms with Crippen molar-refractivity contribution < 1.29 is 18.1 Å². The lowest BCUT2D eigenvalue weighted by Crippen LogP contribution is -2.50. The number of nitro benzene ring substituents is 1. The first-order chi connectivity index (χ1) is 14.6. The normalized spacial score (nSPS) is 16.4. The molecule has 1 atom stereocenters. The molecule has 1 aromatic rings. The monoisotopic (exact) mass is 455 g/mol. The highest BCUT2D eigenvalue weighted by atomic mass is 32.2. The number of hydrogen-bond donors (Lipinski definition) is 1. The van der Waals surface area contributed by atoms with Crippen molar-refractivity contribution >= 4 is 27.3 Å². The molecule has 1 aromatic carbocycles. The van der Waals surface area contributed by atoms with Gasteiger partial charge in [-0.25, -0.2) is 8.42 Å². The van der Waals surface area contributed by atoms with Crippen LogP contribution in [-0.2, 0) is 14.8 Å². The van der Waals surface area contributed by atoms with Gasteiger partial charge in [0, 0.05) is 51.4 Å². The zero-order chi connectivity index (χ0) is 23.2. The van der Waals surface area contributed by atoms with Crippen molar-refractivity contribution in [1.82, 2.24) is 14.5 Å². The maximum atomic E-state index is 12.7. The van der Waals surface area contributed by atoms with E-state index in [0.717, 1.165) is 12.5 Å². The Bertz CT molecular complexity index is 880. The van der Waals surface area contributed by atoms with Gasteiger partial charge >= 0.3 is 0 Å². The summed E-state index contributed by atoms with van der Waals surface area (Å²) in [6, 6.07) is 4.22. The quantitative estimate of drug-likeness (QED) is 0.421. The topological polar surface area (TPSA) is 116 Å². The maximum absolute atomic E-state index is 12.7. The minimum Gasteiger partial charge on any atom is -0.363 e. The van der Waals surface area contributed by atoms with Crippen LogP contribution in [-0.4, -0.2) is 80.3 Å². The second-order valence-electron chi connectivity index (χ2n) is 7.64. The minimum absolute atomic E-state index is 0.0280. The molecular weight excluding hydrogens is 422 g/mol. The molecule has 1 heterocycles. The second kappa shape index (κ2) is 10.9. The number of benzene rings is 1. The maximum Gasteiger partial charge on any atom is 0.293 e. The zero-order valence-corrected chi connectivity index (χ0v) is 19.5. The molecule has 1 fully saturated rings. The van der Waals surface area contributed by atoms with Gasteiger partial charge in [0.05, 0.1) is 16.4 Å². The predicted octanol–water partition coefficient (Wildman–Crippen LogP) is 1.66. The van der Waals surface area contributed by atoms with E-state index in [1.165, 1.54) is 16.4 Å². The van der Waals surface area contributed by atoms with Gasteiger partial charge in [0.25, 0.3) is 5.69 Å². The average molecular weight is 456 g/mol. The number of sulfonamides is 1. The molecule has 0 radical (unpaired) electrons. The third kappa shape index (κ3) is 6.14. The lowest BCUT2D eigenvalue weighted by Gasteiger charge is -2.35. The number of nitrogens with zero attached hydrogens (tertiary/aromatic N) is 4. The summed E-state index contributed by atoms with van der Waals surface area (Å²) >= 11 is 0. The molecule has 11 heteroatoms. The Kier molecular flexibility index (Phi) is 8.78. The number of nitrogens with one attached hydrogen (secondary N) is 1. The molecule has 1 aliphatic heterocycles. The average Bonchev–Trinajstić information content (AvgIpc) is 2.74. The predicted molar refractivity (Wildman–Crippen MR) is 120 cm³/mol. The number of anilines is 1. The standard InChI is InChI=1S/C20H33N5O5S/c1-5-16(4)21-20(26)15-22-10-12-23(13-11-22)18-9-8-17(14-19(18)25(27)28)31(29,30)24(6-2)7-3/h8-9,14,16H,5-7,10-13,15H2,1-4H3,(H,21,26)/t16-/m0/s1. The molecule has 0 saturated carbocycles. The smallest absolute Gasteiger partial charge is 0.293 e. The van der Waals surface area contributed by atoms with Gasteiger partial charge < -0.3 is 10.2 Å². The molecule has 31 heavy (non-hydrogen) atoms. The van der Waals surface area contributed by atoms with Gasteiger partial charge in [-0.1, -0.05) is 20.8 Å². The Labute approximate surface area is 184 Å². The van der Waals surface area contributed by atoms with Gasteiger partial charge in [-0.05, 0) is 25.5 Å². The molecular formula is C20H33N5O5S. The molecule has 0 unspecified atom stereocenters. The summed E-state index contributed by atoms with van der Waals surface area (Å²) < 4.78 is 26.8. The molecule has 0 aromatic heterocycles. The van der Waals surface area contributed by atoms with Crippen LogP contribution in [0.2, 0.25) is 0 Å². The van der Waals surface area contributed by atoms with Crippen LogP contribution in [0.1, 0.15) is 34.1 Å². The van der Waals surface area contributed by atoms with Crippen molar-refractivity contribution in [2.45, 2.75) is 45.1 Å². The van der Waals surface area contributed by atoms with Crippen LogP contribution in [0.3, 0.4) is 0 Å². The van der Waals surface area contributed by atoms with E-state index in [0.29, 0.717) is 51.5 Å². The molecule has 1 amide bonds. The van der Waals surface area contributed by atoms with E-state index >= 15 is 0 Å². The lowest BCUT2D eigenvalue weighted by molar-refractivity contribution is -0.384. The number of carbonyl (C=O) groups excluding carboxylic acids is 1. The molecule has 1 aliphatic rings. The van der Waals surface area contributed by atoms with Crippen LogP contribution in [0, 0.1) is 10.1 Å². The van der Waals surface area contributed by atoms with E-state index in [2.05, 4.69) is 5.32 Å². The van der Waals surface area contributed by atoms with Crippen LogP contribution in [0.25, 0.3) is 0 Å². The molecule has 0 bridgehead atoms. The number of piperazine rings is 1. The molecule has 1 N–H and O–H groups in total. The number of rotatable bonds is 10. The highest BCUT2D eigenvalue weighted by Gasteiger charge is 2.29. The first-order valence-electron chi connectivity index (χ1n) is 10.7. The first-order valence-corrected chi connectivity index (χ1v) is 12.1. The minimum atomic E-state index is -3.78. The Morgan fingerprint density at radius 1 is 1.19 bits per heavy atom. The van der Waals surface area contributed by atoms with Gasteiger partial charge in [0.15, 0.2) is 0 Å². The molecule has 174 valence electrons. The lowest BCUT2D eigenvalue weighted by atomic mass is 10.2. The molecule has 1 saturated heterocycles. The van der Waals surface area contributed by atoms with E-state index in [4.69, 9.17) is 0 Å². The van der Waals surface area contributed by atoms with E-state index in [9.17, 15) is 23.3 Å². The Morgan fingerprint density at radius 3 is 2.32 bits per heavy atom. The molecule has 2 rings (SSSR count). The Balaban J connectivity index is 2.14. The van der Waals surface area contributed by atoms with E-state index in [1.54, 1.807) is 13.8 Å². The van der Waals surface area contributed by atoms with Gasteiger partial charge in [0.2, 0.25) is 15.9 Å². The van der Waals surface area contributed by atoms with Gasteiger partial charge in [-0.15, -0.1) is 0 Å².